The average molecular weight is 136 g/mol. The number of carbonyl (C=O) groups is 1. The number of nitrogens with zero attached hydrogens (tertiary/aromatic N) is 1. The fourth-order valence-electron chi connectivity index (χ4n) is 0.256. The van der Waals surface area contributed by atoms with Gasteiger partial charge in [0.05, 0.1) is 0 Å². The summed E-state index contributed by atoms with van der Waals surface area (Å²) in [5.74, 6) is 0. The van der Waals surface area contributed by atoms with E-state index in [0.717, 1.165) is 0 Å². The zero-order chi connectivity index (χ0) is 6.41. The number of hydrogen-bond donors (Lipinski definition) is 2. The Morgan fingerprint density at radius 3 is 2.67 bits per heavy atom. The largest absolute Gasteiger partial charge is 0.338 e. The Morgan fingerprint density at radius 2 is 2.33 bits per heavy atom. The maximum Gasteiger partial charge on any atom is 0.327 e. The first-order chi connectivity index (χ1) is 3.81. The van der Waals surface area contributed by atoms with Crippen LogP contribution >= 0.6 is 0 Å². The molecule has 0 atom stereocenters. The van der Waals surface area contributed by atoms with Crippen LogP contribution in [0.1, 0.15) is 6.92 Å². The topological polar surface area (TPSA) is 64.9 Å². The van der Waals surface area contributed by atoms with E-state index in [1.165, 1.54) is 6.19 Å². The van der Waals surface area contributed by atoms with Crippen molar-refractivity contribution < 1.29 is 4.79 Å². The Morgan fingerprint density at radius 1 is 1.78 bits per heavy atom. The third-order valence-corrected chi connectivity index (χ3v) is 0.507. The van der Waals surface area contributed by atoms with E-state index in [1.54, 1.807) is 6.92 Å². The summed E-state index contributed by atoms with van der Waals surface area (Å²) in [4.78, 5) is 10.2. The Hall–Kier alpha value is -0.240. The smallest absolute Gasteiger partial charge is 0.327 e. The van der Waals surface area contributed by atoms with Gasteiger partial charge in [0.15, 0.2) is 6.19 Å². The molecule has 1 radical (unpaired) electrons. The van der Waals surface area contributed by atoms with Crippen molar-refractivity contribution in [1.29, 1.82) is 5.26 Å². The molecule has 2 amide bonds. The number of rotatable bonds is 1. The van der Waals surface area contributed by atoms with E-state index < -0.39 is 6.03 Å². The van der Waals surface area contributed by atoms with Gasteiger partial charge in [-0.15, -0.1) is 0 Å². The van der Waals surface area contributed by atoms with Crippen molar-refractivity contribution in [2.24, 2.45) is 0 Å². The van der Waals surface area contributed by atoms with Crippen molar-refractivity contribution in [3.8, 4) is 6.19 Å². The fraction of sp³-hybridized carbons (Fsp3) is 0.500. The van der Waals surface area contributed by atoms with Gasteiger partial charge in [-0.1, -0.05) is 0 Å². The van der Waals surface area contributed by atoms with Crippen molar-refractivity contribution in [1.82, 2.24) is 10.6 Å². The van der Waals surface area contributed by atoms with Crippen LogP contribution in [-0.2, 0) is 0 Å². The van der Waals surface area contributed by atoms with Gasteiger partial charge in [-0.25, -0.2) is 10.1 Å². The fourth-order valence-corrected chi connectivity index (χ4v) is 0.256. The number of amides is 2. The second kappa shape index (κ2) is 7.76. The van der Waals surface area contributed by atoms with Gasteiger partial charge in [-0.2, -0.15) is 5.26 Å². The molecular formula is C4H7N3NaO. The normalized spacial score (nSPS) is 6.22. The number of urea groups is 1. The summed E-state index contributed by atoms with van der Waals surface area (Å²) in [6.07, 6.45) is 1.49. The quantitative estimate of drug-likeness (QED) is 0.287. The van der Waals surface area contributed by atoms with Gasteiger partial charge in [0.25, 0.3) is 0 Å². The summed E-state index contributed by atoms with van der Waals surface area (Å²) >= 11 is 0. The van der Waals surface area contributed by atoms with E-state index in [9.17, 15) is 4.79 Å². The van der Waals surface area contributed by atoms with Gasteiger partial charge in [0, 0.05) is 36.1 Å². The minimum Gasteiger partial charge on any atom is -0.338 e. The van der Waals surface area contributed by atoms with E-state index in [1.807, 2.05) is 5.32 Å². The van der Waals surface area contributed by atoms with Gasteiger partial charge in [-0.05, 0) is 6.92 Å². The predicted octanol–water partition coefficient (Wildman–Crippen LogP) is -0.594. The zero-order valence-corrected chi connectivity index (χ0v) is 7.56. The van der Waals surface area contributed by atoms with Crippen LogP contribution in [0.3, 0.4) is 0 Å². The molecule has 5 heteroatoms. The Labute approximate surface area is 75.9 Å². The van der Waals surface area contributed by atoms with Gasteiger partial charge < -0.3 is 5.32 Å². The van der Waals surface area contributed by atoms with Crippen molar-refractivity contribution >= 4 is 35.6 Å². The monoisotopic (exact) mass is 136 g/mol. The Bertz CT molecular complexity index is 119. The molecule has 4 nitrogen and oxygen atoms in total. The molecule has 0 aromatic heterocycles. The third-order valence-electron chi connectivity index (χ3n) is 0.507. The molecule has 0 saturated heterocycles. The van der Waals surface area contributed by atoms with E-state index in [2.05, 4.69) is 5.32 Å². The molecule has 0 aliphatic rings. The van der Waals surface area contributed by atoms with Crippen LogP contribution in [0.2, 0.25) is 0 Å². The molecule has 45 valence electrons. The van der Waals surface area contributed by atoms with Crippen LogP contribution in [-0.4, -0.2) is 42.1 Å². The molecule has 0 aromatic rings. The number of nitrogens with one attached hydrogen (secondary N) is 2. The van der Waals surface area contributed by atoms with Crippen LogP contribution in [0, 0.1) is 11.5 Å². The summed E-state index contributed by atoms with van der Waals surface area (Å²) < 4.78 is 0. The first-order valence-corrected chi connectivity index (χ1v) is 2.24. The third kappa shape index (κ3) is 7.76. The summed E-state index contributed by atoms with van der Waals surface area (Å²) in [7, 11) is 0. The molecular weight excluding hydrogens is 129 g/mol. The van der Waals surface area contributed by atoms with Crippen LogP contribution in [0.4, 0.5) is 4.79 Å². The number of carbonyl (C=O) groups excluding carboxylic acids is 1. The summed E-state index contributed by atoms with van der Waals surface area (Å²) in [6.45, 7) is 2.31. The molecule has 0 aliphatic heterocycles. The maximum absolute atomic E-state index is 10.2. The molecule has 0 spiro atoms. The summed E-state index contributed by atoms with van der Waals surface area (Å²) in [6, 6.07) is -0.449. The van der Waals surface area contributed by atoms with E-state index in [-0.39, 0.29) is 29.6 Å². The summed E-state index contributed by atoms with van der Waals surface area (Å²) in [5, 5.41) is 12.1. The molecule has 0 rings (SSSR count). The Balaban J connectivity index is 0. The maximum atomic E-state index is 10.2. The summed E-state index contributed by atoms with van der Waals surface area (Å²) in [5.41, 5.74) is 0. The standard InChI is InChI=1S/C4H7N3O.Na/c1-2-6-4(8)7-3-5;/h2H2,1H3,(H2,6,7,8);. The second-order valence-corrected chi connectivity index (χ2v) is 1.10. The van der Waals surface area contributed by atoms with Crippen LogP contribution in [0.25, 0.3) is 0 Å². The molecule has 9 heavy (non-hydrogen) atoms. The number of nitriles is 1. The Kier molecular flexibility index (Phi) is 9.95. The van der Waals surface area contributed by atoms with Gasteiger partial charge >= 0.3 is 6.03 Å². The van der Waals surface area contributed by atoms with Gasteiger partial charge in [0.1, 0.15) is 0 Å². The molecule has 0 aromatic carbocycles. The first-order valence-electron chi connectivity index (χ1n) is 2.24. The molecule has 2 N–H and O–H groups in total. The van der Waals surface area contributed by atoms with Crippen molar-refractivity contribution in [2.75, 3.05) is 6.54 Å². The molecule has 0 aliphatic carbocycles. The van der Waals surface area contributed by atoms with E-state index in [0.29, 0.717) is 6.54 Å². The van der Waals surface area contributed by atoms with Crippen molar-refractivity contribution in [2.45, 2.75) is 6.92 Å². The van der Waals surface area contributed by atoms with Crippen molar-refractivity contribution in [3.05, 3.63) is 0 Å². The van der Waals surface area contributed by atoms with E-state index >= 15 is 0 Å². The van der Waals surface area contributed by atoms with E-state index in [4.69, 9.17) is 5.26 Å². The SMILES string of the molecule is CCNC(=O)NC#N.[Na]. The first kappa shape index (κ1) is 11.5. The number of hydrogen-bond acceptors (Lipinski definition) is 2. The van der Waals surface area contributed by atoms with Crippen LogP contribution in [0.5, 0.6) is 0 Å². The molecule has 0 unspecified atom stereocenters. The van der Waals surface area contributed by atoms with Crippen molar-refractivity contribution in [3.63, 3.8) is 0 Å². The minimum atomic E-state index is -0.449. The second-order valence-electron chi connectivity index (χ2n) is 1.10. The van der Waals surface area contributed by atoms with Crippen LogP contribution < -0.4 is 10.6 Å². The molecule has 0 fully saturated rings. The minimum absolute atomic E-state index is 0. The van der Waals surface area contributed by atoms with Crippen LogP contribution in [0.15, 0.2) is 0 Å². The zero-order valence-electron chi connectivity index (χ0n) is 5.56. The average Bonchev–Trinajstić information content (AvgIpc) is 1.68. The van der Waals surface area contributed by atoms with Gasteiger partial charge in [0.2, 0.25) is 0 Å². The molecule has 0 saturated carbocycles. The molecule has 0 heterocycles. The van der Waals surface area contributed by atoms with Gasteiger partial charge in [-0.3, -0.25) is 0 Å². The predicted molar refractivity (Wildman–Crippen MR) is 33.6 cm³/mol. The molecule has 0 bridgehead atoms.